The van der Waals surface area contributed by atoms with Gasteiger partial charge in [-0.05, 0) is 11.6 Å². The quantitative estimate of drug-likeness (QED) is 0.605. The van der Waals surface area contributed by atoms with E-state index in [9.17, 15) is 14.5 Å². The molecule has 4 nitrogen and oxygen atoms in total. The summed E-state index contributed by atoms with van der Waals surface area (Å²) in [5.74, 6) is -0.927. The summed E-state index contributed by atoms with van der Waals surface area (Å²) in [4.78, 5) is 9.51. The van der Waals surface area contributed by atoms with Crippen LogP contribution in [0.1, 0.15) is 5.56 Å². The van der Waals surface area contributed by atoms with Crippen LogP contribution in [0.15, 0.2) is 16.6 Å². The minimum absolute atomic E-state index is 0.00942. The average molecular weight is 259 g/mol. The van der Waals surface area contributed by atoms with Gasteiger partial charge in [-0.2, -0.15) is 9.65 Å². The largest absolute Gasteiger partial charge is 0.305 e. The highest BCUT2D eigenvalue weighted by atomic mass is 79.9. The molecule has 0 heterocycles. The zero-order valence-corrected chi connectivity index (χ0v) is 8.41. The second-order valence-electron chi connectivity index (χ2n) is 2.49. The summed E-state index contributed by atoms with van der Waals surface area (Å²) in [6.07, 6.45) is 0.00942. The van der Waals surface area contributed by atoms with Gasteiger partial charge in [-0.3, -0.25) is 10.1 Å². The summed E-state index contributed by atoms with van der Waals surface area (Å²) in [6.45, 7) is 0. The maximum absolute atomic E-state index is 13.0. The lowest BCUT2D eigenvalue weighted by atomic mass is 10.1. The summed E-state index contributed by atoms with van der Waals surface area (Å²) < 4.78 is 13.4. The molecule has 1 rings (SSSR count). The number of nitro groups is 1. The summed E-state index contributed by atoms with van der Waals surface area (Å²) >= 11 is 3.03. The highest BCUT2D eigenvalue weighted by Crippen LogP contribution is 2.26. The van der Waals surface area contributed by atoms with E-state index in [1.807, 2.05) is 6.07 Å². The summed E-state index contributed by atoms with van der Waals surface area (Å²) in [5, 5.41) is 18.7. The fourth-order valence-corrected chi connectivity index (χ4v) is 1.41. The Hall–Kier alpha value is -1.48. The Morgan fingerprint density at radius 2 is 2.29 bits per heavy atom. The normalized spacial score (nSPS) is 9.50. The van der Waals surface area contributed by atoms with Crippen molar-refractivity contribution in [1.29, 1.82) is 5.26 Å². The molecule has 1 aromatic rings. The minimum atomic E-state index is -0.927. The standard InChI is InChI=1S/C8H4BrFN2O2/c9-6-4-8(12(13)14)7(10)3-5(6)1-2-11/h3-4H,1H2. The number of nitriles is 1. The van der Waals surface area contributed by atoms with E-state index < -0.39 is 16.4 Å². The Morgan fingerprint density at radius 3 is 2.79 bits per heavy atom. The number of nitro benzene ring substituents is 1. The molecule has 0 N–H and O–H groups in total. The number of halogens is 2. The van der Waals surface area contributed by atoms with Crippen molar-refractivity contribution in [2.45, 2.75) is 6.42 Å². The first kappa shape index (κ1) is 10.6. The molecule has 0 fully saturated rings. The van der Waals surface area contributed by atoms with Crippen molar-refractivity contribution in [3.05, 3.63) is 38.1 Å². The zero-order valence-electron chi connectivity index (χ0n) is 6.83. The Labute approximate surface area is 87.2 Å². The van der Waals surface area contributed by atoms with Crippen molar-refractivity contribution < 1.29 is 9.31 Å². The Balaban J connectivity index is 3.25. The molecule has 0 aliphatic carbocycles. The van der Waals surface area contributed by atoms with Crippen molar-refractivity contribution in [3.8, 4) is 6.07 Å². The predicted octanol–water partition coefficient (Wildman–Crippen LogP) is 2.56. The van der Waals surface area contributed by atoms with Crippen LogP contribution < -0.4 is 0 Å². The van der Waals surface area contributed by atoms with Crippen molar-refractivity contribution in [1.82, 2.24) is 0 Å². The molecule has 0 unspecified atom stereocenters. The van der Waals surface area contributed by atoms with Crippen LogP contribution in [0.4, 0.5) is 10.1 Å². The van der Waals surface area contributed by atoms with E-state index >= 15 is 0 Å². The van der Waals surface area contributed by atoms with E-state index in [0.717, 1.165) is 12.1 Å². The number of hydrogen-bond donors (Lipinski definition) is 0. The van der Waals surface area contributed by atoms with Gasteiger partial charge in [0, 0.05) is 10.5 Å². The molecule has 0 amide bonds. The maximum atomic E-state index is 13.0. The van der Waals surface area contributed by atoms with Crippen molar-refractivity contribution in [3.63, 3.8) is 0 Å². The van der Waals surface area contributed by atoms with Gasteiger partial charge < -0.3 is 0 Å². The number of rotatable bonds is 2. The van der Waals surface area contributed by atoms with E-state index in [0.29, 0.717) is 10.0 Å². The van der Waals surface area contributed by atoms with Gasteiger partial charge in [-0.1, -0.05) is 15.9 Å². The molecule has 0 saturated carbocycles. The van der Waals surface area contributed by atoms with Crippen molar-refractivity contribution in [2.24, 2.45) is 0 Å². The molecule has 14 heavy (non-hydrogen) atoms. The van der Waals surface area contributed by atoms with Crippen LogP contribution in [0.25, 0.3) is 0 Å². The molecule has 0 bridgehead atoms. The van der Waals surface area contributed by atoms with E-state index in [1.165, 1.54) is 0 Å². The third kappa shape index (κ3) is 2.06. The summed E-state index contributed by atoms with van der Waals surface area (Å²) in [6, 6.07) is 3.88. The first-order chi connectivity index (χ1) is 6.56. The van der Waals surface area contributed by atoms with Gasteiger partial charge in [0.2, 0.25) is 5.82 Å². The van der Waals surface area contributed by atoms with Crippen molar-refractivity contribution in [2.75, 3.05) is 0 Å². The molecular formula is C8H4BrFN2O2. The first-order valence-corrected chi connectivity index (χ1v) is 4.35. The molecule has 0 saturated heterocycles. The number of benzene rings is 1. The van der Waals surface area contributed by atoms with Crippen molar-refractivity contribution >= 4 is 21.6 Å². The Bertz CT molecular complexity index is 428. The number of hydrogen-bond acceptors (Lipinski definition) is 3. The molecule has 0 aromatic heterocycles. The van der Waals surface area contributed by atoms with Crippen LogP contribution >= 0.6 is 15.9 Å². The highest BCUT2D eigenvalue weighted by Gasteiger charge is 2.16. The molecular weight excluding hydrogens is 255 g/mol. The summed E-state index contributed by atoms with van der Waals surface area (Å²) in [7, 11) is 0. The zero-order chi connectivity index (χ0) is 10.7. The van der Waals surface area contributed by atoms with Crippen LogP contribution in [0.5, 0.6) is 0 Å². The van der Waals surface area contributed by atoms with Gasteiger partial charge in [0.15, 0.2) is 0 Å². The fourth-order valence-electron chi connectivity index (χ4n) is 0.938. The Morgan fingerprint density at radius 1 is 1.64 bits per heavy atom. The smallest absolute Gasteiger partial charge is 0.258 e. The van der Waals surface area contributed by atoms with Gasteiger partial charge in [-0.15, -0.1) is 0 Å². The lowest BCUT2D eigenvalue weighted by Gasteiger charge is -2.00. The molecule has 0 radical (unpaired) electrons. The van der Waals surface area contributed by atoms with E-state index in [-0.39, 0.29) is 6.42 Å². The van der Waals surface area contributed by atoms with Gasteiger partial charge in [0.25, 0.3) is 0 Å². The molecule has 72 valence electrons. The van der Waals surface area contributed by atoms with Crippen LogP contribution in [-0.4, -0.2) is 4.92 Å². The third-order valence-corrected chi connectivity index (χ3v) is 2.32. The number of nitrogens with zero attached hydrogens (tertiary/aromatic N) is 2. The molecule has 0 spiro atoms. The van der Waals surface area contributed by atoms with Gasteiger partial charge in [0.1, 0.15) is 0 Å². The molecule has 6 heteroatoms. The van der Waals surface area contributed by atoms with Crippen LogP contribution in [0.3, 0.4) is 0 Å². The second kappa shape index (κ2) is 4.15. The lowest BCUT2D eigenvalue weighted by molar-refractivity contribution is -0.387. The topological polar surface area (TPSA) is 66.9 Å². The van der Waals surface area contributed by atoms with Crippen LogP contribution in [-0.2, 0) is 6.42 Å². The third-order valence-electron chi connectivity index (χ3n) is 1.58. The van der Waals surface area contributed by atoms with Gasteiger partial charge >= 0.3 is 5.69 Å². The molecule has 0 aliphatic rings. The SMILES string of the molecule is N#CCc1cc(F)c([N+](=O)[O-])cc1Br. The predicted molar refractivity (Wildman–Crippen MR) is 50.1 cm³/mol. The average Bonchev–Trinajstić information content (AvgIpc) is 2.10. The van der Waals surface area contributed by atoms with Gasteiger partial charge in [-0.25, -0.2) is 0 Å². The lowest BCUT2D eigenvalue weighted by Crippen LogP contribution is -1.95. The minimum Gasteiger partial charge on any atom is -0.258 e. The Kier molecular flexibility index (Phi) is 3.14. The van der Waals surface area contributed by atoms with E-state index in [1.54, 1.807) is 0 Å². The van der Waals surface area contributed by atoms with Crippen LogP contribution in [0.2, 0.25) is 0 Å². The molecule has 1 aromatic carbocycles. The van der Waals surface area contributed by atoms with E-state index in [4.69, 9.17) is 5.26 Å². The highest BCUT2D eigenvalue weighted by molar-refractivity contribution is 9.10. The first-order valence-electron chi connectivity index (χ1n) is 3.55. The monoisotopic (exact) mass is 258 g/mol. The second-order valence-corrected chi connectivity index (χ2v) is 3.34. The fraction of sp³-hybridized carbons (Fsp3) is 0.125. The maximum Gasteiger partial charge on any atom is 0.305 e. The molecule has 0 atom stereocenters. The summed E-state index contributed by atoms with van der Waals surface area (Å²) in [5.41, 5.74) is -0.200. The van der Waals surface area contributed by atoms with Crippen LogP contribution in [0, 0.1) is 27.3 Å². The van der Waals surface area contributed by atoms with Gasteiger partial charge in [0.05, 0.1) is 17.4 Å². The molecule has 0 aliphatic heterocycles. The van der Waals surface area contributed by atoms with E-state index in [2.05, 4.69) is 15.9 Å².